The van der Waals surface area contributed by atoms with Gasteiger partial charge in [0.15, 0.2) is 11.2 Å². The third-order valence-corrected chi connectivity index (χ3v) is 4.66. The number of carbonyl (C=O) groups excluding carboxylic acids is 2. The summed E-state index contributed by atoms with van der Waals surface area (Å²) in [5, 5.41) is 2.54. The minimum absolute atomic E-state index is 0.0293. The van der Waals surface area contributed by atoms with Crippen LogP contribution in [0, 0.1) is 5.92 Å². The standard InChI is InChI=1S/C21H26N6O6/c1-14(2)16(25-21(30)33-10-15-6-4-3-5-7-15)20(29)32-9-8-31-13-26-11-23-17-18(26)24-12-27(22)19(17)28/h3-7,11-12,14,16H,8-10,13,22H2,1-2H3,(H,25,30)/t16-/m0/s1. The molecule has 0 aliphatic heterocycles. The highest BCUT2D eigenvalue weighted by molar-refractivity contribution is 5.81. The van der Waals surface area contributed by atoms with Crippen molar-refractivity contribution in [2.75, 3.05) is 19.1 Å². The van der Waals surface area contributed by atoms with E-state index in [1.54, 1.807) is 13.8 Å². The van der Waals surface area contributed by atoms with Crippen molar-refractivity contribution >= 4 is 23.2 Å². The van der Waals surface area contributed by atoms with Crippen LogP contribution >= 0.6 is 0 Å². The van der Waals surface area contributed by atoms with Gasteiger partial charge in [-0.2, -0.15) is 0 Å². The van der Waals surface area contributed by atoms with Crippen LogP contribution in [0.4, 0.5) is 4.79 Å². The van der Waals surface area contributed by atoms with E-state index in [0.717, 1.165) is 10.2 Å². The summed E-state index contributed by atoms with van der Waals surface area (Å²) in [6.45, 7) is 3.77. The smallest absolute Gasteiger partial charge is 0.408 e. The van der Waals surface area contributed by atoms with Crippen molar-refractivity contribution in [3.8, 4) is 0 Å². The zero-order valence-corrected chi connectivity index (χ0v) is 18.3. The second-order valence-corrected chi connectivity index (χ2v) is 7.48. The lowest BCUT2D eigenvalue weighted by atomic mass is 10.1. The molecule has 0 bridgehead atoms. The number of fused-ring (bicyclic) bond motifs is 1. The first kappa shape index (κ1) is 23.7. The lowest BCUT2D eigenvalue weighted by Gasteiger charge is -2.20. The summed E-state index contributed by atoms with van der Waals surface area (Å²) in [6, 6.07) is 8.35. The Bertz CT molecular complexity index is 1140. The van der Waals surface area contributed by atoms with Crippen molar-refractivity contribution in [2.24, 2.45) is 5.92 Å². The first-order valence-corrected chi connectivity index (χ1v) is 10.3. The molecule has 3 N–H and O–H groups in total. The fraction of sp³-hybridized carbons (Fsp3) is 0.381. The number of hydrogen-bond acceptors (Lipinski definition) is 9. The van der Waals surface area contributed by atoms with Crippen LogP contribution in [-0.2, 0) is 32.3 Å². The Morgan fingerprint density at radius 2 is 1.85 bits per heavy atom. The summed E-state index contributed by atoms with van der Waals surface area (Å²) in [6.07, 6.45) is 1.89. The van der Waals surface area contributed by atoms with Crippen LogP contribution in [0.1, 0.15) is 19.4 Å². The largest absolute Gasteiger partial charge is 0.462 e. The Labute approximate surface area is 189 Å². The molecule has 0 saturated heterocycles. The summed E-state index contributed by atoms with van der Waals surface area (Å²) >= 11 is 0. The van der Waals surface area contributed by atoms with Crippen molar-refractivity contribution in [3.63, 3.8) is 0 Å². The van der Waals surface area contributed by atoms with Gasteiger partial charge in [0.2, 0.25) is 0 Å². The van der Waals surface area contributed by atoms with Crippen LogP contribution in [0.5, 0.6) is 0 Å². The molecule has 1 atom stereocenters. The minimum atomic E-state index is -0.867. The van der Waals surface area contributed by atoms with Crippen molar-refractivity contribution in [1.29, 1.82) is 0 Å². The quantitative estimate of drug-likeness (QED) is 0.255. The van der Waals surface area contributed by atoms with Crippen LogP contribution in [-0.4, -0.2) is 50.5 Å². The first-order valence-electron chi connectivity index (χ1n) is 10.3. The number of esters is 1. The van der Waals surface area contributed by atoms with Crippen LogP contribution < -0.4 is 16.7 Å². The second-order valence-electron chi connectivity index (χ2n) is 7.48. The van der Waals surface area contributed by atoms with Crippen molar-refractivity contribution < 1.29 is 23.8 Å². The van der Waals surface area contributed by atoms with Gasteiger partial charge in [0.25, 0.3) is 5.56 Å². The fourth-order valence-corrected chi connectivity index (χ4v) is 2.89. The molecule has 12 heteroatoms. The molecule has 3 aromatic rings. The van der Waals surface area contributed by atoms with E-state index in [9.17, 15) is 14.4 Å². The fourth-order valence-electron chi connectivity index (χ4n) is 2.89. The Morgan fingerprint density at radius 1 is 1.09 bits per heavy atom. The molecule has 0 radical (unpaired) electrons. The molecule has 1 aromatic carbocycles. The van der Waals surface area contributed by atoms with Crippen LogP contribution in [0.25, 0.3) is 11.2 Å². The average molecular weight is 458 g/mol. The van der Waals surface area contributed by atoms with Gasteiger partial charge in [-0.25, -0.2) is 24.2 Å². The van der Waals surface area contributed by atoms with E-state index in [1.165, 1.54) is 17.2 Å². The van der Waals surface area contributed by atoms with E-state index in [4.69, 9.17) is 20.1 Å². The average Bonchev–Trinajstić information content (AvgIpc) is 3.22. The Hall–Kier alpha value is -3.93. The van der Waals surface area contributed by atoms with Crippen molar-refractivity contribution in [1.82, 2.24) is 24.5 Å². The van der Waals surface area contributed by atoms with E-state index in [1.807, 2.05) is 30.3 Å². The van der Waals surface area contributed by atoms with Gasteiger partial charge in [0.1, 0.15) is 32.3 Å². The van der Waals surface area contributed by atoms with Gasteiger partial charge in [-0.05, 0) is 11.5 Å². The minimum Gasteiger partial charge on any atom is -0.462 e. The molecule has 176 valence electrons. The van der Waals surface area contributed by atoms with Crippen LogP contribution in [0.15, 0.2) is 47.8 Å². The number of imidazole rings is 1. The van der Waals surface area contributed by atoms with Gasteiger partial charge in [0.05, 0.1) is 12.9 Å². The predicted molar refractivity (Wildman–Crippen MR) is 117 cm³/mol. The third-order valence-electron chi connectivity index (χ3n) is 4.66. The van der Waals surface area contributed by atoms with Gasteiger partial charge < -0.3 is 25.4 Å². The number of nitrogens with two attached hydrogens (primary N) is 1. The SMILES string of the molecule is CC(C)[C@H](NC(=O)OCc1ccccc1)C(=O)OCCOCn1cnc2c(=O)n(N)cnc21. The predicted octanol–water partition coefficient (Wildman–Crippen LogP) is 0.775. The summed E-state index contributed by atoms with van der Waals surface area (Å²) in [5.74, 6) is 4.66. The first-order chi connectivity index (χ1) is 15.9. The number of amides is 1. The topological polar surface area (TPSA) is 153 Å². The number of ether oxygens (including phenoxy) is 3. The number of nitrogens with one attached hydrogen (secondary N) is 1. The third kappa shape index (κ3) is 6.29. The number of nitrogen functional groups attached to an aromatic ring is 1. The number of carbonyl (C=O) groups is 2. The lowest BCUT2D eigenvalue weighted by Crippen LogP contribution is -2.45. The lowest BCUT2D eigenvalue weighted by molar-refractivity contribution is -0.149. The summed E-state index contributed by atoms with van der Waals surface area (Å²) in [7, 11) is 0. The van der Waals surface area contributed by atoms with E-state index in [-0.39, 0.29) is 38.0 Å². The van der Waals surface area contributed by atoms with Gasteiger partial charge in [-0.15, -0.1) is 0 Å². The molecule has 1 amide bonds. The van der Waals surface area contributed by atoms with Crippen LogP contribution in [0.3, 0.4) is 0 Å². The van der Waals surface area contributed by atoms with Crippen molar-refractivity contribution in [3.05, 3.63) is 58.9 Å². The van der Waals surface area contributed by atoms with Gasteiger partial charge in [-0.3, -0.25) is 9.36 Å². The Balaban J connectivity index is 1.42. The molecule has 0 fully saturated rings. The molecule has 2 aromatic heterocycles. The molecule has 0 aliphatic rings. The number of aromatic nitrogens is 4. The molecule has 12 nitrogen and oxygen atoms in total. The normalized spacial score (nSPS) is 12.0. The maximum absolute atomic E-state index is 12.4. The van der Waals surface area contributed by atoms with Gasteiger partial charge in [0, 0.05) is 0 Å². The monoisotopic (exact) mass is 458 g/mol. The van der Waals surface area contributed by atoms with Crippen LogP contribution in [0.2, 0.25) is 0 Å². The Morgan fingerprint density at radius 3 is 2.58 bits per heavy atom. The van der Waals surface area contributed by atoms with Gasteiger partial charge >= 0.3 is 12.1 Å². The molecule has 0 spiro atoms. The zero-order chi connectivity index (χ0) is 23.8. The Kier molecular flexibility index (Phi) is 7.97. The molecular formula is C21H26N6O6. The number of rotatable bonds is 10. The zero-order valence-electron chi connectivity index (χ0n) is 18.3. The molecule has 2 heterocycles. The molecule has 0 unspecified atom stereocenters. The maximum atomic E-state index is 12.4. The molecule has 33 heavy (non-hydrogen) atoms. The number of alkyl carbamates (subject to hydrolysis) is 1. The summed E-state index contributed by atoms with van der Waals surface area (Å²) < 4.78 is 18.2. The second kappa shape index (κ2) is 11.1. The molecule has 0 aliphatic carbocycles. The maximum Gasteiger partial charge on any atom is 0.408 e. The van der Waals surface area contributed by atoms with E-state index >= 15 is 0 Å². The van der Waals surface area contributed by atoms with E-state index in [2.05, 4.69) is 15.3 Å². The number of nitrogens with zero attached hydrogens (tertiary/aromatic N) is 4. The summed E-state index contributed by atoms with van der Waals surface area (Å²) in [5.41, 5.74) is 0.821. The van der Waals surface area contributed by atoms with E-state index < -0.39 is 23.7 Å². The number of hydrogen-bond donors (Lipinski definition) is 2. The highest BCUT2D eigenvalue weighted by Gasteiger charge is 2.26. The van der Waals surface area contributed by atoms with Crippen molar-refractivity contribution in [2.45, 2.75) is 33.2 Å². The molecular weight excluding hydrogens is 432 g/mol. The molecule has 3 rings (SSSR count). The number of benzene rings is 1. The van der Waals surface area contributed by atoms with E-state index in [0.29, 0.717) is 5.65 Å². The highest BCUT2D eigenvalue weighted by atomic mass is 16.6. The highest BCUT2D eigenvalue weighted by Crippen LogP contribution is 2.07. The molecule has 0 saturated carbocycles. The summed E-state index contributed by atoms with van der Waals surface area (Å²) in [4.78, 5) is 44.4. The van der Waals surface area contributed by atoms with Gasteiger partial charge in [-0.1, -0.05) is 44.2 Å².